The summed E-state index contributed by atoms with van der Waals surface area (Å²) < 4.78 is 42.6. The molecule has 2 aliphatic heterocycles. The summed E-state index contributed by atoms with van der Waals surface area (Å²) in [5.74, 6) is -1.98. The van der Waals surface area contributed by atoms with E-state index >= 15 is 0 Å². The minimum Gasteiger partial charge on any atom is -0.480 e. The number of benzene rings is 1. The van der Waals surface area contributed by atoms with Crippen molar-refractivity contribution >= 4 is 47.9 Å². The Hall–Kier alpha value is -2.49. The minimum absolute atomic E-state index is 0.134. The van der Waals surface area contributed by atoms with Gasteiger partial charge in [-0.3, -0.25) is 9.59 Å². The van der Waals surface area contributed by atoms with E-state index in [1.54, 1.807) is 0 Å². The van der Waals surface area contributed by atoms with E-state index in [2.05, 4.69) is 9.84 Å². The van der Waals surface area contributed by atoms with Gasteiger partial charge in [-0.1, -0.05) is 0 Å². The van der Waals surface area contributed by atoms with Gasteiger partial charge in [-0.15, -0.1) is 11.3 Å². The van der Waals surface area contributed by atoms with Crippen LogP contribution in [0.25, 0.3) is 10.1 Å². The molecule has 0 spiro atoms. The number of carboxylic acids is 1. The van der Waals surface area contributed by atoms with Crippen LogP contribution in [0.4, 0.5) is 8.78 Å². The SMILES string of the molecule is O=POC(F)(F)c1ccc2sc(C(=O)N[C@H]3CCC[C@@H]4CC[C@@H](C(=O)O)N4C3=O)cc2c1. The van der Waals surface area contributed by atoms with E-state index in [9.17, 15) is 32.8 Å². The number of carbonyl (C=O) groups excluding carboxylic acids is 2. The lowest BCUT2D eigenvalue weighted by Gasteiger charge is -2.29. The molecule has 0 radical (unpaired) electrons. The van der Waals surface area contributed by atoms with Gasteiger partial charge >= 0.3 is 20.8 Å². The molecule has 32 heavy (non-hydrogen) atoms. The third-order valence-electron chi connectivity index (χ3n) is 5.90. The second-order valence-corrected chi connectivity index (χ2v) is 9.25. The number of hydrogen-bond acceptors (Lipinski definition) is 6. The van der Waals surface area contributed by atoms with E-state index in [0.717, 1.165) is 23.5 Å². The summed E-state index contributed by atoms with van der Waals surface area (Å²) in [6.07, 6.45) is -0.966. The normalized spacial score (nSPS) is 23.9. The monoisotopic (exact) mass is 484 g/mol. The molecule has 0 aliphatic carbocycles. The van der Waals surface area contributed by atoms with Crippen LogP contribution < -0.4 is 5.32 Å². The van der Waals surface area contributed by atoms with Crippen molar-refractivity contribution in [2.75, 3.05) is 0 Å². The summed E-state index contributed by atoms with van der Waals surface area (Å²) in [6, 6.07) is 3.26. The molecule has 0 bridgehead atoms. The van der Waals surface area contributed by atoms with E-state index < -0.39 is 50.2 Å². The van der Waals surface area contributed by atoms with Crippen molar-refractivity contribution in [2.24, 2.45) is 0 Å². The molecule has 12 heteroatoms. The summed E-state index contributed by atoms with van der Waals surface area (Å²) in [6.45, 7) is 0. The number of hydrogen-bond donors (Lipinski definition) is 2. The van der Waals surface area contributed by atoms with Crippen molar-refractivity contribution < 1.29 is 37.4 Å². The second-order valence-electron chi connectivity index (χ2n) is 7.83. The van der Waals surface area contributed by atoms with Crippen molar-refractivity contribution in [3.05, 3.63) is 34.7 Å². The molecule has 2 fully saturated rings. The average Bonchev–Trinajstić information content (AvgIpc) is 3.33. The van der Waals surface area contributed by atoms with Gasteiger partial charge in [0.25, 0.3) is 5.91 Å². The zero-order valence-corrected chi connectivity index (χ0v) is 18.3. The van der Waals surface area contributed by atoms with Crippen LogP contribution in [0.1, 0.15) is 47.3 Å². The van der Waals surface area contributed by atoms with Gasteiger partial charge in [0, 0.05) is 10.7 Å². The van der Waals surface area contributed by atoms with Gasteiger partial charge in [-0.05, 0) is 61.8 Å². The number of carboxylic acid groups (broad SMARTS) is 1. The highest BCUT2D eigenvalue weighted by Crippen LogP contribution is 2.36. The van der Waals surface area contributed by atoms with E-state index in [-0.39, 0.29) is 10.9 Å². The average molecular weight is 484 g/mol. The maximum atomic E-state index is 13.8. The number of carbonyl (C=O) groups is 3. The highest BCUT2D eigenvalue weighted by atomic mass is 32.1. The number of amides is 2. The van der Waals surface area contributed by atoms with Crippen LogP contribution in [0.5, 0.6) is 0 Å². The molecular formula is C20H19F2N2O6PS. The topological polar surface area (TPSA) is 113 Å². The number of halogens is 2. The van der Waals surface area contributed by atoms with Crippen LogP contribution in [0, 0.1) is 0 Å². The minimum atomic E-state index is -3.75. The molecule has 2 aromatic rings. The molecule has 2 saturated heterocycles. The predicted molar refractivity (Wildman–Crippen MR) is 111 cm³/mol. The molecule has 2 N–H and O–H groups in total. The Labute approximate surface area is 186 Å². The molecule has 1 aromatic carbocycles. The summed E-state index contributed by atoms with van der Waals surface area (Å²) in [5.41, 5.74) is -0.503. The number of alkyl halides is 2. The molecule has 2 amide bonds. The Kier molecular flexibility index (Phi) is 6.24. The number of nitrogens with one attached hydrogen (secondary N) is 1. The first kappa shape index (κ1) is 22.7. The highest BCUT2D eigenvalue weighted by molar-refractivity contribution is 7.20. The van der Waals surface area contributed by atoms with Gasteiger partial charge in [0.2, 0.25) is 5.91 Å². The molecule has 0 saturated carbocycles. The summed E-state index contributed by atoms with van der Waals surface area (Å²) in [4.78, 5) is 39.0. The van der Waals surface area contributed by atoms with Crippen LogP contribution in [-0.4, -0.2) is 45.9 Å². The summed E-state index contributed by atoms with van der Waals surface area (Å²) >= 11 is 1.08. The first-order valence-electron chi connectivity index (χ1n) is 10.00. The van der Waals surface area contributed by atoms with Crippen LogP contribution in [0.2, 0.25) is 0 Å². The van der Waals surface area contributed by atoms with E-state index in [1.807, 2.05) is 0 Å². The lowest BCUT2D eigenvalue weighted by molar-refractivity contribution is -0.178. The Morgan fingerprint density at radius 2 is 2.00 bits per heavy atom. The van der Waals surface area contributed by atoms with Gasteiger partial charge in [-0.2, -0.15) is 8.78 Å². The second kappa shape index (κ2) is 8.80. The number of rotatable bonds is 6. The molecule has 3 atom stereocenters. The molecule has 1 aromatic heterocycles. The predicted octanol–water partition coefficient (Wildman–Crippen LogP) is 3.90. The van der Waals surface area contributed by atoms with E-state index in [1.165, 1.54) is 17.0 Å². The van der Waals surface area contributed by atoms with Crippen LogP contribution >= 0.6 is 20.0 Å². The molecule has 8 nitrogen and oxygen atoms in total. The van der Waals surface area contributed by atoms with Crippen molar-refractivity contribution in [1.29, 1.82) is 0 Å². The zero-order valence-electron chi connectivity index (χ0n) is 16.6. The Morgan fingerprint density at radius 1 is 1.22 bits per heavy atom. The Balaban J connectivity index is 1.53. The van der Waals surface area contributed by atoms with Gasteiger partial charge in [0.15, 0.2) is 0 Å². The molecule has 4 rings (SSSR count). The Bertz CT molecular complexity index is 1090. The molecular weight excluding hydrogens is 465 g/mol. The number of nitrogens with zero attached hydrogens (tertiary/aromatic N) is 1. The van der Waals surface area contributed by atoms with E-state index in [0.29, 0.717) is 42.2 Å². The zero-order chi connectivity index (χ0) is 23.0. The largest absolute Gasteiger partial charge is 0.480 e. The third-order valence-corrected chi connectivity index (χ3v) is 7.32. The third kappa shape index (κ3) is 4.24. The lowest BCUT2D eigenvalue weighted by Crippen LogP contribution is -2.52. The molecule has 2 aliphatic rings. The molecule has 3 heterocycles. The van der Waals surface area contributed by atoms with Gasteiger partial charge in [0.1, 0.15) is 12.1 Å². The van der Waals surface area contributed by atoms with Gasteiger partial charge in [-0.25, -0.2) is 13.9 Å². The maximum absolute atomic E-state index is 13.8. The standard InChI is InChI=1S/C20H19F2N2O6PS/c21-20(22,30-31-29)11-4-7-15-10(8-11)9-16(32-15)17(25)23-13-3-1-2-12-5-6-14(19(27)28)24(12)18(13)26/h4,7-9,12-14H,1-3,5-6H2,(H,23,25)(H,27,28)/t12-,13+,14+/m1/s1. The van der Waals surface area contributed by atoms with Crippen LogP contribution in [0.3, 0.4) is 0 Å². The van der Waals surface area contributed by atoms with Crippen LogP contribution in [-0.2, 0) is 24.8 Å². The maximum Gasteiger partial charge on any atom is 0.393 e. The smallest absolute Gasteiger partial charge is 0.393 e. The first-order valence-corrected chi connectivity index (χ1v) is 11.5. The summed E-state index contributed by atoms with van der Waals surface area (Å²) in [7, 11) is -1.16. The fourth-order valence-electron chi connectivity index (χ4n) is 4.40. The number of aliphatic carboxylic acids is 1. The van der Waals surface area contributed by atoms with Crippen molar-refractivity contribution in [1.82, 2.24) is 10.2 Å². The van der Waals surface area contributed by atoms with Gasteiger partial charge < -0.3 is 15.3 Å². The fraction of sp³-hybridized carbons (Fsp3) is 0.450. The number of fused-ring (bicyclic) bond motifs is 2. The van der Waals surface area contributed by atoms with Gasteiger partial charge in [0.05, 0.1) is 10.4 Å². The quantitative estimate of drug-likeness (QED) is 0.602. The summed E-state index contributed by atoms with van der Waals surface area (Å²) in [5, 5.41) is 12.5. The van der Waals surface area contributed by atoms with Crippen molar-refractivity contribution in [3.63, 3.8) is 0 Å². The lowest BCUT2D eigenvalue weighted by atomic mass is 10.1. The fourth-order valence-corrected chi connectivity index (χ4v) is 5.55. The Morgan fingerprint density at radius 3 is 2.72 bits per heavy atom. The first-order chi connectivity index (χ1) is 15.2. The van der Waals surface area contributed by atoms with Crippen molar-refractivity contribution in [3.8, 4) is 0 Å². The van der Waals surface area contributed by atoms with Crippen LogP contribution in [0.15, 0.2) is 24.3 Å². The molecule has 0 unspecified atom stereocenters. The van der Waals surface area contributed by atoms with E-state index in [4.69, 9.17) is 0 Å². The number of thiophene rings is 1. The highest BCUT2D eigenvalue weighted by Gasteiger charge is 2.44. The van der Waals surface area contributed by atoms with Crippen molar-refractivity contribution in [2.45, 2.75) is 56.3 Å². The molecule has 170 valence electrons.